The van der Waals surface area contributed by atoms with Crippen molar-refractivity contribution in [2.75, 3.05) is 25.0 Å². The van der Waals surface area contributed by atoms with Crippen LogP contribution in [0.15, 0.2) is 18.2 Å². The van der Waals surface area contributed by atoms with Gasteiger partial charge in [-0.1, -0.05) is 0 Å². The number of anilines is 1. The summed E-state index contributed by atoms with van der Waals surface area (Å²) in [4.78, 5) is 25.5. The van der Waals surface area contributed by atoms with Crippen molar-refractivity contribution in [3.8, 4) is 5.75 Å². The smallest absolute Gasteiger partial charge is 0.262 e. The van der Waals surface area contributed by atoms with Gasteiger partial charge in [-0.15, -0.1) is 12.4 Å². The van der Waals surface area contributed by atoms with E-state index in [1.165, 1.54) is 0 Å². The zero-order valence-corrected chi connectivity index (χ0v) is 12.3. The quantitative estimate of drug-likeness (QED) is 0.810. The van der Waals surface area contributed by atoms with Gasteiger partial charge in [-0.25, -0.2) is 0 Å². The van der Waals surface area contributed by atoms with Crippen molar-refractivity contribution in [2.24, 2.45) is 5.73 Å². The van der Waals surface area contributed by atoms with Crippen LogP contribution in [0.5, 0.6) is 5.75 Å². The highest BCUT2D eigenvalue weighted by atomic mass is 35.5. The number of likely N-dealkylation sites (tertiary alicyclic amines) is 1. The molecule has 114 valence electrons. The number of nitrogens with zero attached hydrogens (tertiary/aromatic N) is 1. The molecule has 2 heterocycles. The number of carbonyl (C=O) groups excluding carboxylic acids is 2. The summed E-state index contributed by atoms with van der Waals surface area (Å²) in [6.45, 7) is 1.33. The van der Waals surface area contributed by atoms with Gasteiger partial charge in [0.25, 0.3) is 11.8 Å². The number of fused-ring (bicyclic) bond motifs is 1. The van der Waals surface area contributed by atoms with Crippen LogP contribution in [-0.2, 0) is 4.79 Å². The fraction of sp³-hybridized carbons (Fsp3) is 0.429. The largest absolute Gasteiger partial charge is 0.482 e. The Hall–Kier alpha value is -1.79. The first-order valence-electron chi connectivity index (χ1n) is 6.75. The van der Waals surface area contributed by atoms with E-state index >= 15 is 0 Å². The molecule has 2 aliphatic rings. The molecule has 21 heavy (non-hydrogen) atoms. The average molecular weight is 312 g/mol. The first-order chi connectivity index (χ1) is 9.63. The Kier molecular flexibility index (Phi) is 4.69. The molecule has 1 atom stereocenters. The number of ether oxygens (including phenoxy) is 1. The van der Waals surface area contributed by atoms with Gasteiger partial charge in [0, 0.05) is 24.7 Å². The molecule has 6 nitrogen and oxygen atoms in total. The summed E-state index contributed by atoms with van der Waals surface area (Å²) in [5.74, 6) is 0.335. The Labute approximate surface area is 129 Å². The molecule has 0 bridgehead atoms. The van der Waals surface area contributed by atoms with Gasteiger partial charge >= 0.3 is 0 Å². The second-order valence-corrected chi connectivity index (χ2v) is 5.20. The number of halogens is 1. The zero-order valence-electron chi connectivity index (χ0n) is 11.5. The maximum atomic E-state index is 12.4. The highest BCUT2D eigenvalue weighted by Crippen LogP contribution is 2.29. The molecule has 7 heteroatoms. The Morgan fingerprint density at radius 3 is 3.00 bits per heavy atom. The summed E-state index contributed by atoms with van der Waals surface area (Å²) >= 11 is 0. The van der Waals surface area contributed by atoms with Gasteiger partial charge in [-0.05, 0) is 31.0 Å². The number of nitrogens with one attached hydrogen (secondary N) is 1. The van der Waals surface area contributed by atoms with E-state index in [0.717, 1.165) is 19.4 Å². The van der Waals surface area contributed by atoms with Gasteiger partial charge < -0.3 is 20.7 Å². The van der Waals surface area contributed by atoms with E-state index in [4.69, 9.17) is 10.5 Å². The molecule has 1 unspecified atom stereocenters. The van der Waals surface area contributed by atoms with Crippen LogP contribution in [0.1, 0.15) is 23.2 Å². The summed E-state index contributed by atoms with van der Waals surface area (Å²) in [5, 5.41) is 2.71. The zero-order chi connectivity index (χ0) is 14.1. The molecule has 0 aliphatic carbocycles. The lowest BCUT2D eigenvalue weighted by Gasteiger charge is -2.31. The van der Waals surface area contributed by atoms with Crippen LogP contribution in [0.2, 0.25) is 0 Å². The molecule has 1 saturated heterocycles. The molecular formula is C14H18ClN3O3. The molecule has 2 amide bonds. The van der Waals surface area contributed by atoms with Crippen LogP contribution in [0, 0.1) is 0 Å². The lowest BCUT2D eigenvalue weighted by atomic mass is 10.0. The number of carbonyl (C=O) groups is 2. The minimum Gasteiger partial charge on any atom is -0.482 e. The van der Waals surface area contributed by atoms with Crippen molar-refractivity contribution >= 4 is 29.9 Å². The molecule has 2 aliphatic heterocycles. The monoisotopic (exact) mass is 311 g/mol. The standard InChI is InChI=1S/C14H17N3O3.ClH/c15-10-2-1-5-17(7-10)14(19)9-3-4-12-11(6-9)16-13(18)8-20-12;/h3-4,6,10H,1-2,5,7-8,15H2,(H,16,18);1H. The number of nitrogens with two attached hydrogens (primary N) is 1. The topological polar surface area (TPSA) is 84.7 Å². The normalized spacial score (nSPS) is 20.7. The number of hydrogen-bond acceptors (Lipinski definition) is 4. The van der Waals surface area contributed by atoms with E-state index in [-0.39, 0.29) is 36.9 Å². The van der Waals surface area contributed by atoms with Crippen LogP contribution in [0.3, 0.4) is 0 Å². The molecule has 3 rings (SSSR count). The SMILES string of the molecule is Cl.NC1CCCN(C(=O)c2ccc3c(c2)NC(=O)CO3)C1. The fourth-order valence-electron chi connectivity index (χ4n) is 2.59. The van der Waals surface area contributed by atoms with E-state index < -0.39 is 0 Å². The van der Waals surface area contributed by atoms with E-state index in [1.54, 1.807) is 23.1 Å². The van der Waals surface area contributed by atoms with Crippen molar-refractivity contribution in [3.05, 3.63) is 23.8 Å². The van der Waals surface area contributed by atoms with Gasteiger partial charge in [0.2, 0.25) is 0 Å². The number of rotatable bonds is 1. The predicted molar refractivity (Wildman–Crippen MR) is 80.9 cm³/mol. The summed E-state index contributed by atoms with van der Waals surface area (Å²) in [6, 6.07) is 5.15. The first-order valence-corrected chi connectivity index (χ1v) is 6.75. The summed E-state index contributed by atoms with van der Waals surface area (Å²) < 4.78 is 5.28. The summed E-state index contributed by atoms with van der Waals surface area (Å²) in [7, 11) is 0. The molecule has 1 fully saturated rings. The Morgan fingerprint density at radius 1 is 1.43 bits per heavy atom. The summed E-state index contributed by atoms with van der Waals surface area (Å²) in [5.41, 5.74) is 6.99. The van der Waals surface area contributed by atoms with Crippen LogP contribution < -0.4 is 15.8 Å². The maximum Gasteiger partial charge on any atom is 0.262 e. The number of benzene rings is 1. The van der Waals surface area contributed by atoms with Gasteiger partial charge in [-0.2, -0.15) is 0 Å². The van der Waals surface area contributed by atoms with Gasteiger partial charge in [0.05, 0.1) is 5.69 Å². The third-order valence-electron chi connectivity index (χ3n) is 3.60. The Bertz CT molecular complexity index is 564. The Morgan fingerprint density at radius 2 is 2.24 bits per heavy atom. The molecule has 0 spiro atoms. The number of amides is 2. The van der Waals surface area contributed by atoms with Crippen molar-refractivity contribution in [2.45, 2.75) is 18.9 Å². The van der Waals surface area contributed by atoms with Crippen molar-refractivity contribution in [1.29, 1.82) is 0 Å². The van der Waals surface area contributed by atoms with E-state index in [0.29, 0.717) is 23.5 Å². The third kappa shape index (κ3) is 3.28. The summed E-state index contributed by atoms with van der Waals surface area (Å²) in [6.07, 6.45) is 1.88. The lowest BCUT2D eigenvalue weighted by Crippen LogP contribution is -2.45. The van der Waals surface area contributed by atoms with Crippen molar-refractivity contribution in [1.82, 2.24) is 4.90 Å². The predicted octanol–water partition coefficient (Wildman–Crippen LogP) is 1.00. The lowest BCUT2D eigenvalue weighted by molar-refractivity contribution is -0.118. The third-order valence-corrected chi connectivity index (χ3v) is 3.60. The molecule has 3 N–H and O–H groups in total. The van der Waals surface area contributed by atoms with E-state index in [9.17, 15) is 9.59 Å². The first kappa shape index (κ1) is 15.6. The van der Waals surface area contributed by atoms with Crippen LogP contribution in [0.25, 0.3) is 0 Å². The van der Waals surface area contributed by atoms with E-state index in [2.05, 4.69) is 5.32 Å². The van der Waals surface area contributed by atoms with E-state index in [1.807, 2.05) is 0 Å². The second kappa shape index (κ2) is 6.32. The number of piperidine rings is 1. The fourth-order valence-corrected chi connectivity index (χ4v) is 2.59. The van der Waals surface area contributed by atoms with Crippen molar-refractivity contribution in [3.63, 3.8) is 0 Å². The minimum atomic E-state index is -0.206. The number of hydrogen-bond donors (Lipinski definition) is 2. The van der Waals surface area contributed by atoms with Crippen LogP contribution in [0.4, 0.5) is 5.69 Å². The van der Waals surface area contributed by atoms with Crippen LogP contribution in [-0.4, -0.2) is 42.5 Å². The van der Waals surface area contributed by atoms with Crippen LogP contribution >= 0.6 is 12.4 Å². The molecule has 1 aromatic rings. The average Bonchev–Trinajstić information content (AvgIpc) is 2.45. The molecular weight excluding hydrogens is 294 g/mol. The highest BCUT2D eigenvalue weighted by Gasteiger charge is 2.24. The van der Waals surface area contributed by atoms with Crippen molar-refractivity contribution < 1.29 is 14.3 Å². The second-order valence-electron chi connectivity index (χ2n) is 5.20. The van der Waals surface area contributed by atoms with Gasteiger partial charge in [-0.3, -0.25) is 9.59 Å². The Balaban J connectivity index is 0.00000161. The van der Waals surface area contributed by atoms with Gasteiger partial charge in [0.15, 0.2) is 6.61 Å². The highest BCUT2D eigenvalue weighted by molar-refractivity contribution is 5.99. The minimum absolute atomic E-state index is 0. The molecule has 0 saturated carbocycles. The van der Waals surface area contributed by atoms with Gasteiger partial charge in [0.1, 0.15) is 5.75 Å². The molecule has 1 aromatic carbocycles. The molecule has 0 aromatic heterocycles. The maximum absolute atomic E-state index is 12.4. The molecule has 0 radical (unpaired) electrons.